The highest BCUT2D eigenvalue weighted by Crippen LogP contribution is 2.37. The third kappa shape index (κ3) is 1.92. The fourth-order valence-electron chi connectivity index (χ4n) is 1.53. The number of hydrogen-bond donors (Lipinski definition) is 1. The van der Waals surface area contributed by atoms with Gasteiger partial charge >= 0.3 is 5.97 Å². The van der Waals surface area contributed by atoms with E-state index >= 15 is 0 Å². The molecule has 0 spiro atoms. The normalized spacial score (nSPS) is 26.6. The van der Waals surface area contributed by atoms with Crippen LogP contribution in [0.1, 0.15) is 23.8 Å². The van der Waals surface area contributed by atoms with E-state index in [1.165, 1.54) is 11.3 Å². The van der Waals surface area contributed by atoms with Gasteiger partial charge in [0.2, 0.25) is 0 Å². The van der Waals surface area contributed by atoms with Crippen LogP contribution in [0.25, 0.3) is 0 Å². The first kappa shape index (κ1) is 9.96. The van der Waals surface area contributed by atoms with Crippen molar-refractivity contribution >= 4 is 28.9 Å². The molecule has 2 rings (SSSR count). The van der Waals surface area contributed by atoms with Gasteiger partial charge in [0, 0.05) is 4.88 Å². The number of thiophene rings is 1. The predicted octanol–water partition coefficient (Wildman–Crippen LogP) is 2.71. The summed E-state index contributed by atoms with van der Waals surface area (Å²) in [6, 6.07) is 3.70. The van der Waals surface area contributed by atoms with E-state index in [9.17, 15) is 4.79 Å². The average Bonchev–Trinajstić information content (AvgIpc) is 2.70. The topological polar surface area (TPSA) is 46.5 Å². The van der Waals surface area contributed by atoms with Crippen LogP contribution in [0, 0.1) is 0 Å². The SMILES string of the molecule is O=C(O)C1CCC(c2ccc(Cl)s2)O1. The molecule has 0 aromatic carbocycles. The van der Waals surface area contributed by atoms with Crippen molar-refractivity contribution in [1.29, 1.82) is 0 Å². The molecule has 0 bridgehead atoms. The van der Waals surface area contributed by atoms with Crippen LogP contribution in [0.4, 0.5) is 0 Å². The third-order valence-electron chi connectivity index (χ3n) is 2.21. The van der Waals surface area contributed by atoms with E-state index in [2.05, 4.69) is 0 Å². The zero-order valence-electron chi connectivity index (χ0n) is 7.27. The second kappa shape index (κ2) is 3.88. The molecule has 1 fully saturated rings. The number of rotatable bonds is 2. The molecule has 5 heteroatoms. The van der Waals surface area contributed by atoms with E-state index in [0.717, 1.165) is 11.3 Å². The van der Waals surface area contributed by atoms with Gasteiger partial charge in [0.15, 0.2) is 6.10 Å². The Kier molecular flexibility index (Phi) is 2.76. The molecule has 2 unspecified atom stereocenters. The third-order valence-corrected chi connectivity index (χ3v) is 3.53. The number of aliphatic carboxylic acids is 1. The van der Waals surface area contributed by atoms with E-state index in [1.807, 2.05) is 6.07 Å². The van der Waals surface area contributed by atoms with Gasteiger partial charge in [-0.15, -0.1) is 11.3 Å². The van der Waals surface area contributed by atoms with Crippen LogP contribution in [-0.2, 0) is 9.53 Å². The Bertz CT molecular complexity index is 350. The van der Waals surface area contributed by atoms with Crippen molar-refractivity contribution in [2.24, 2.45) is 0 Å². The molecule has 0 amide bonds. The highest BCUT2D eigenvalue weighted by molar-refractivity contribution is 7.16. The Morgan fingerprint density at radius 1 is 1.57 bits per heavy atom. The molecule has 1 aliphatic rings. The lowest BCUT2D eigenvalue weighted by molar-refractivity contribution is -0.149. The number of carboxylic acid groups (broad SMARTS) is 1. The molecule has 3 nitrogen and oxygen atoms in total. The molecule has 1 saturated heterocycles. The highest BCUT2D eigenvalue weighted by Gasteiger charge is 2.31. The van der Waals surface area contributed by atoms with Crippen LogP contribution in [0.2, 0.25) is 4.34 Å². The van der Waals surface area contributed by atoms with Crippen LogP contribution < -0.4 is 0 Å². The Labute approximate surface area is 90.3 Å². The summed E-state index contributed by atoms with van der Waals surface area (Å²) in [4.78, 5) is 11.6. The van der Waals surface area contributed by atoms with Crippen LogP contribution in [-0.4, -0.2) is 17.2 Å². The molecule has 1 aromatic heterocycles. The molecule has 0 radical (unpaired) electrons. The Morgan fingerprint density at radius 3 is 2.86 bits per heavy atom. The van der Waals surface area contributed by atoms with Gasteiger partial charge in [-0.1, -0.05) is 11.6 Å². The van der Waals surface area contributed by atoms with Gasteiger partial charge in [-0.25, -0.2) is 4.79 Å². The van der Waals surface area contributed by atoms with Crippen molar-refractivity contribution in [3.05, 3.63) is 21.3 Å². The fourth-order valence-corrected chi connectivity index (χ4v) is 2.66. The number of carboxylic acids is 1. The first-order valence-electron chi connectivity index (χ1n) is 4.30. The second-order valence-electron chi connectivity index (χ2n) is 3.17. The summed E-state index contributed by atoms with van der Waals surface area (Å²) in [7, 11) is 0. The zero-order valence-corrected chi connectivity index (χ0v) is 8.85. The molecule has 2 heterocycles. The largest absolute Gasteiger partial charge is 0.479 e. The standard InChI is InChI=1S/C9H9ClO3S/c10-8-4-3-7(14-8)5-1-2-6(13-5)9(11)12/h3-6H,1-2H2,(H,11,12). The lowest BCUT2D eigenvalue weighted by Gasteiger charge is -2.08. The molecule has 0 aliphatic carbocycles. The van der Waals surface area contributed by atoms with Crippen LogP contribution in [0.3, 0.4) is 0 Å². The van der Waals surface area contributed by atoms with E-state index in [-0.39, 0.29) is 6.10 Å². The summed E-state index contributed by atoms with van der Waals surface area (Å²) in [5, 5.41) is 8.74. The maximum Gasteiger partial charge on any atom is 0.332 e. The minimum atomic E-state index is -0.879. The van der Waals surface area contributed by atoms with Gasteiger partial charge in [-0.05, 0) is 25.0 Å². The van der Waals surface area contributed by atoms with Gasteiger partial charge in [0.05, 0.1) is 10.4 Å². The first-order valence-corrected chi connectivity index (χ1v) is 5.50. The molecule has 0 saturated carbocycles. The number of hydrogen-bond acceptors (Lipinski definition) is 3. The minimum Gasteiger partial charge on any atom is -0.479 e. The van der Waals surface area contributed by atoms with Crippen molar-refractivity contribution < 1.29 is 14.6 Å². The highest BCUT2D eigenvalue weighted by atomic mass is 35.5. The van der Waals surface area contributed by atoms with Gasteiger partial charge in [0.25, 0.3) is 0 Å². The van der Waals surface area contributed by atoms with Gasteiger partial charge < -0.3 is 9.84 Å². The summed E-state index contributed by atoms with van der Waals surface area (Å²) in [5.74, 6) is -0.879. The summed E-state index contributed by atoms with van der Waals surface area (Å²) in [6.07, 6.45) is 0.595. The van der Waals surface area contributed by atoms with E-state index in [0.29, 0.717) is 10.8 Å². The lowest BCUT2D eigenvalue weighted by atomic mass is 10.2. The molecule has 76 valence electrons. The van der Waals surface area contributed by atoms with Gasteiger partial charge in [0.1, 0.15) is 0 Å². The van der Waals surface area contributed by atoms with Crippen molar-refractivity contribution in [2.45, 2.75) is 25.0 Å². The molecular formula is C9H9ClO3S. The Hall–Kier alpha value is -0.580. The molecule has 14 heavy (non-hydrogen) atoms. The van der Waals surface area contributed by atoms with E-state index < -0.39 is 12.1 Å². The maximum atomic E-state index is 10.6. The number of halogens is 1. The minimum absolute atomic E-state index is 0.0893. The number of carbonyl (C=O) groups is 1. The van der Waals surface area contributed by atoms with Gasteiger partial charge in [-0.3, -0.25) is 0 Å². The quantitative estimate of drug-likeness (QED) is 0.853. The monoisotopic (exact) mass is 232 g/mol. The predicted molar refractivity (Wildman–Crippen MR) is 53.8 cm³/mol. The maximum absolute atomic E-state index is 10.6. The van der Waals surface area contributed by atoms with Crippen LogP contribution in [0.15, 0.2) is 12.1 Å². The van der Waals surface area contributed by atoms with Gasteiger partial charge in [-0.2, -0.15) is 0 Å². The molecular weight excluding hydrogens is 224 g/mol. The smallest absolute Gasteiger partial charge is 0.332 e. The van der Waals surface area contributed by atoms with E-state index in [1.54, 1.807) is 6.07 Å². The van der Waals surface area contributed by atoms with Crippen molar-refractivity contribution in [3.63, 3.8) is 0 Å². The van der Waals surface area contributed by atoms with Crippen LogP contribution in [0.5, 0.6) is 0 Å². The summed E-state index contributed by atoms with van der Waals surface area (Å²) >= 11 is 7.23. The van der Waals surface area contributed by atoms with Crippen molar-refractivity contribution in [3.8, 4) is 0 Å². The molecule has 1 aromatic rings. The first-order chi connectivity index (χ1) is 6.66. The molecule has 1 N–H and O–H groups in total. The van der Waals surface area contributed by atoms with Crippen molar-refractivity contribution in [1.82, 2.24) is 0 Å². The molecule has 1 aliphatic heterocycles. The van der Waals surface area contributed by atoms with Crippen molar-refractivity contribution in [2.75, 3.05) is 0 Å². The molecule has 2 atom stereocenters. The van der Waals surface area contributed by atoms with Crippen LogP contribution >= 0.6 is 22.9 Å². The lowest BCUT2D eigenvalue weighted by Crippen LogP contribution is -2.18. The average molecular weight is 233 g/mol. The summed E-state index contributed by atoms with van der Waals surface area (Å²) in [6.45, 7) is 0. The Balaban J connectivity index is 2.05. The summed E-state index contributed by atoms with van der Waals surface area (Å²) < 4.78 is 6.08. The zero-order chi connectivity index (χ0) is 10.1. The summed E-state index contributed by atoms with van der Waals surface area (Å²) in [5.41, 5.74) is 0. The Morgan fingerprint density at radius 2 is 2.36 bits per heavy atom. The van der Waals surface area contributed by atoms with E-state index in [4.69, 9.17) is 21.4 Å². The fraction of sp³-hybridized carbons (Fsp3) is 0.444. The number of ether oxygens (including phenoxy) is 1. The second-order valence-corrected chi connectivity index (χ2v) is 4.92.